The van der Waals surface area contributed by atoms with E-state index in [2.05, 4.69) is 10.3 Å². The molecule has 1 atom stereocenters. The number of carbonyl (C=O) groups excluding carboxylic acids is 1. The van der Waals surface area contributed by atoms with E-state index < -0.39 is 0 Å². The molecule has 0 saturated carbocycles. The van der Waals surface area contributed by atoms with Crippen molar-refractivity contribution in [1.82, 2.24) is 9.78 Å². The molecule has 6 nitrogen and oxygen atoms in total. The number of hydrogen-bond donors (Lipinski definition) is 1. The fourth-order valence-corrected chi connectivity index (χ4v) is 2.89. The van der Waals surface area contributed by atoms with Crippen molar-refractivity contribution in [3.8, 4) is 0 Å². The molecule has 1 unspecified atom stereocenters. The summed E-state index contributed by atoms with van der Waals surface area (Å²) in [4.78, 5) is 17.5. The Morgan fingerprint density at radius 2 is 2.23 bits per heavy atom. The third kappa shape index (κ3) is 3.21. The Morgan fingerprint density at radius 3 is 2.73 bits per heavy atom. The third-order valence-corrected chi connectivity index (χ3v) is 3.86. The van der Waals surface area contributed by atoms with Gasteiger partial charge in [0.05, 0.1) is 17.0 Å². The van der Waals surface area contributed by atoms with Gasteiger partial charge >= 0.3 is 0 Å². The number of aliphatic hydroxyl groups is 1. The SMILES string of the molecule is CCON=C(CC)C1=C(O)CC(c2cn(C)nc2C)CC1=O. The first-order chi connectivity index (χ1) is 10.5. The molecule has 1 heterocycles. The maximum absolute atomic E-state index is 12.5. The van der Waals surface area contributed by atoms with E-state index in [1.54, 1.807) is 4.68 Å². The normalized spacial score (nSPS) is 19.7. The van der Waals surface area contributed by atoms with Crippen molar-refractivity contribution in [1.29, 1.82) is 0 Å². The molecule has 1 N–H and O–H groups in total. The number of allylic oxidation sites excluding steroid dienone is 2. The summed E-state index contributed by atoms with van der Waals surface area (Å²) < 4.78 is 1.74. The summed E-state index contributed by atoms with van der Waals surface area (Å²) in [5.74, 6) is -0.0164. The van der Waals surface area contributed by atoms with Crippen LogP contribution < -0.4 is 0 Å². The van der Waals surface area contributed by atoms with E-state index in [9.17, 15) is 9.90 Å². The Bertz CT molecular complexity index is 629. The largest absolute Gasteiger partial charge is 0.511 e. The second-order valence-corrected chi connectivity index (χ2v) is 5.50. The average Bonchev–Trinajstić information content (AvgIpc) is 2.80. The van der Waals surface area contributed by atoms with E-state index in [0.29, 0.717) is 37.2 Å². The second kappa shape index (κ2) is 6.77. The Labute approximate surface area is 130 Å². The summed E-state index contributed by atoms with van der Waals surface area (Å²) in [5.41, 5.74) is 2.76. The van der Waals surface area contributed by atoms with Crippen LogP contribution in [-0.2, 0) is 16.7 Å². The summed E-state index contributed by atoms with van der Waals surface area (Å²) in [7, 11) is 1.85. The van der Waals surface area contributed by atoms with E-state index >= 15 is 0 Å². The van der Waals surface area contributed by atoms with Gasteiger partial charge in [0, 0.05) is 32.0 Å². The highest BCUT2D eigenvalue weighted by Gasteiger charge is 2.32. The van der Waals surface area contributed by atoms with Crippen LogP contribution in [-0.4, -0.2) is 33.0 Å². The Kier molecular flexibility index (Phi) is 5.00. The van der Waals surface area contributed by atoms with Crippen molar-refractivity contribution in [2.75, 3.05) is 6.61 Å². The van der Waals surface area contributed by atoms with Gasteiger partial charge < -0.3 is 9.94 Å². The van der Waals surface area contributed by atoms with Gasteiger partial charge in [-0.15, -0.1) is 0 Å². The van der Waals surface area contributed by atoms with E-state index in [1.807, 2.05) is 34.0 Å². The van der Waals surface area contributed by atoms with E-state index in [1.165, 1.54) is 0 Å². The van der Waals surface area contributed by atoms with Crippen LogP contribution in [0, 0.1) is 6.92 Å². The van der Waals surface area contributed by atoms with Crippen molar-refractivity contribution in [2.24, 2.45) is 12.2 Å². The highest BCUT2D eigenvalue weighted by atomic mass is 16.6. The summed E-state index contributed by atoms with van der Waals surface area (Å²) in [6.07, 6.45) is 3.25. The molecule has 120 valence electrons. The quantitative estimate of drug-likeness (QED) is 0.670. The molecule has 22 heavy (non-hydrogen) atoms. The van der Waals surface area contributed by atoms with Crippen LogP contribution in [0.25, 0.3) is 0 Å². The van der Waals surface area contributed by atoms with E-state index in [4.69, 9.17) is 4.84 Å². The number of carbonyl (C=O) groups is 1. The lowest BCUT2D eigenvalue weighted by Gasteiger charge is -2.23. The topological polar surface area (TPSA) is 76.7 Å². The molecule has 0 radical (unpaired) electrons. The Balaban J connectivity index is 2.31. The van der Waals surface area contributed by atoms with Crippen LogP contribution in [0.1, 0.15) is 50.3 Å². The monoisotopic (exact) mass is 305 g/mol. The van der Waals surface area contributed by atoms with Crippen LogP contribution in [0.4, 0.5) is 0 Å². The number of rotatable bonds is 5. The molecule has 0 amide bonds. The first-order valence-electron chi connectivity index (χ1n) is 7.62. The van der Waals surface area contributed by atoms with Crippen molar-refractivity contribution >= 4 is 11.5 Å². The standard InChI is InChI=1S/C16H23N3O3/c1-5-13(18-22-6-2)16-14(20)7-11(8-15(16)21)12-9-19(4)17-10(12)3/h9,11,20H,5-8H2,1-4H3. The van der Waals surface area contributed by atoms with Crippen LogP contribution in [0.5, 0.6) is 0 Å². The zero-order valence-corrected chi connectivity index (χ0v) is 13.6. The minimum Gasteiger partial charge on any atom is -0.511 e. The first kappa shape index (κ1) is 16.3. The fraction of sp³-hybridized carbons (Fsp3) is 0.562. The second-order valence-electron chi connectivity index (χ2n) is 5.50. The van der Waals surface area contributed by atoms with Gasteiger partial charge in [-0.3, -0.25) is 9.48 Å². The summed E-state index contributed by atoms with van der Waals surface area (Å²) in [6, 6.07) is 0. The zero-order valence-electron chi connectivity index (χ0n) is 13.6. The molecule has 0 aromatic carbocycles. The predicted molar refractivity (Wildman–Crippen MR) is 83.9 cm³/mol. The lowest BCUT2D eigenvalue weighted by Crippen LogP contribution is -2.24. The molecular formula is C16H23N3O3. The van der Waals surface area contributed by atoms with Crippen molar-refractivity contribution < 1.29 is 14.7 Å². The van der Waals surface area contributed by atoms with E-state index in [0.717, 1.165) is 11.3 Å². The minimum absolute atomic E-state index is 0.0323. The van der Waals surface area contributed by atoms with Gasteiger partial charge in [0.2, 0.25) is 0 Å². The average molecular weight is 305 g/mol. The van der Waals surface area contributed by atoms with Gasteiger partial charge in [-0.25, -0.2) is 0 Å². The molecule has 0 spiro atoms. The number of oxime groups is 1. The smallest absolute Gasteiger partial charge is 0.168 e. The highest BCUT2D eigenvalue weighted by Crippen LogP contribution is 2.35. The van der Waals surface area contributed by atoms with Crippen LogP contribution >= 0.6 is 0 Å². The number of hydrogen-bond acceptors (Lipinski definition) is 5. The lowest BCUT2D eigenvalue weighted by atomic mass is 9.81. The summed E-state index contributed by atoms with van der Waals surface area (Å²) >= 11 is 0. The molecule has 6 heteroatoms. The van der Waals surface area contributed by atoms with Gasteiger partial charge in [0.1, 0.15) is 12.4 Å². The van der Waals surface area contributed by atoms with Crippen LogP contribution in [0.3, 0.4) is 0 Å². The number of aryl methyl sites for hydroxylation is 2. The molecule has 0 bridgehead atoms. The molecule has 1 aliphatic carbocycles. The number of Topliss-reactive ketones (excluding diaryl/α,β-unsaturated/α-hetero) is 1. The molecule has 0 fully saturated rings. The van der Waals surface area contributed by atoms with Gasteiger partial charge in [-0.05, 0) is 25.8 Å². The Morgan fingerprint density at radius 1 is 1.50 bits per heavy atom. The number of ketones is 1. The molecule has 2 rings (SSSR count). The maximum atomic E-state index is 12.5. The molecule has 1 aromatic heterocycles. The van der Waals surface area contributed by atoms with Crippen LogP contribution in [0.2, 0.25) is 0 Å². The molecular weight excluding hydrogens is 282 g/mol. The molecule has 0 saturated heterocycles. The first-order valence-corrected chi connectivity index (χ1v) is 7.62. The Hall–Kier alpha value is -2.11. The van der Waals surface area contributed by atoms with Gasteiger partial charge in [0.25, 0.3) is 0 Å². The molecule has 0 aliphatic heterocycles. The van der Waals surface area contributed by atoms with Gasteiger partial charge in [0.15, 0.2) is 5.78 Å². The third-order valence-electron chi connectivity index (χ3n) is 3.86. The lowest BCUT2D eigenvalue weighted by molar-refractivity contribution is -0.116. The maximum Gasteiger partial charge on any atom is 0.168 e. The van der Waals surface area contributed by atoms with Crippen molar-refractivity contribution in [2.45, 2.75) is 46.0 Å². The van der Waals surface area contributed by atoms with E-state index in [-0.39, 0.29) is 17.5 Å². The van der Waals surface area contributed by atoms with Gasteiger partial charge in [-0.1, -0.05) is 12.1 Å². The van der Waals surface area contributed by atoms with Crippen molar-refractivity contribution in [3.63, 3.8) is 0 Å². The number of aromatic nitrogens is 2. The molecule has 1 aromatic rings. The molecule has 1 aliphatic rings. The predicted octanol–water partition coefficient (Wildman–Crippen LogP) is 2.79. The number of nitrogens with zero attached hydrogens (tertiary/aromatic N) is 3. The zero-order chi connectivity index (χ0) is 16.3. The summed E-state index contributed by atoms with van der Waals surface area (Å²) in [6.45, 7) is 6.07. The van der Waals surface area contributed by atoms with Gasteiger partial charge in [-0.2, -0.15) is 5.10 Å². The highest BCUT2D eigenvalue weighted by molar-refractivity contribution is 6.23. The van der Waals surface area contributed by atoms with Crippen LogP contribution in [0.15, 0.2) is 22.7 Å². The fourth-order valence-electron chi connectivity index (χ4n) is 2.89. The summed E-state index contributed by atoms with van der Waals surface area (Å²) in [5, 5.41) is 18.6. The minimum atomic E-state index is -0.0858. The number of aliphatic hydroxyl groups excluding tert-OH is 1. The van der Waals surface area contributed by atoms with Crippen molar-refractivity contribution in [3.05, 3.63) is 28.8 Å².